The van der Waals surface area contributed by atoms with E-state index >= 15 is 0 Å². The number of benzene rings is 2. The van der Waals surface area contributed by atoms with E-state index in [0.29, 0.717) is 28.2 Å². The predicted molar refractivity (Wildman–Crippen MR) is 132 cm³/mol. The van der Waals surface area contributed by atoms with Crippen LogP contribution in [0.15, 0.2) is 47.5 Å². The summed E-state index contributed by atoms with van der Waals surface area (Å²) in [5.74, 6) is 1.42. The second-order valence-corrected chi connectivity index (χ2v) is 8.86. The number of hydrazine groups is 1. The normalized spacial score (nSPS) is 21.9. The van der Waals surface area contributed by atoms with Crippen molar-refractivity contribution in [2.24, 2.45) is 10.9 Å². The molecule has 9 nitrogen and oxygen atoms in total. The van der Waals surface area contributed by atoms with Crippen molar-refractivity contribution >= 4 is 40.0 Å². The van der Waals surface area contributed by atoms with Gasteiger partial charge in [-0.25, -0.2) is 10.4 Å². The van der Waals surface area contributed by atoms with Crippen LogP contribution in [0.4, 0.5) is 11.4 Å². The third-order valence-electron chi connectivity index (χ3n) is 5.61. The maximum Gasteiger partial charge on any atom is 0.234 e. The zero-order valence-electron chi connectivity index (χ0n) is 19.0. The van der Waals surface area contributed by atoms with Crippen LogP contribution in [0, 0.1) is 18.3 Å². The third kappa shape index (κ3) is 4.82. The van der Waals surface area contributed by atoms with Crippen molar-refractivity contribution in [3.05, 3.63) is 48.0 Å². The molecule has 2 aromatic rings. The number of fused-ring (bicyclic) bond motifs is 1. The van der Waals surface area contributed by atoms with Gasteiger partial charge in [0.25, 0.3) is 0 Å². The van der Waals surface area contributed by atoms with Gasteiger partial charge in [0, 0.05) is 17.8 Å². The van der Waals surface area contributed by atoms with Crippen molar-refractivity contribution in [3.8, 4) is 11.5 Å². The zero-order chi connectivity index (χ0) is 23.5. The van der Waals surface area contributed by atoms with Gasteiger partial charge >= 0.3 is 0 Å². The molecule has 33 heavy (non-hydrogen) atoms. The molecule has 1 amide bonds. The number of nitrogens with zero attached hydrogens (tertiary/aromatic N) is 2. The van der Waals surface area contributed by atoms with Crippen molar-refractivity contribution in [3.63, 3.8) is 0 Å². The summed E-state index contributed by atoms with van der Waals surface area (Å²) in [6.45, 7) is 4.04. The molecule has 3 unspecified atom stereocenters. The summed E-state index contributed by atoms with van der Waals surface area (Å²) in [5, 5.41) is 12.4. The number of anilines is 2. The standard InChI is InChI=1S/C23H28N6O3S/c1-13-6-5-7-15(10-13)29-21(24)20-14(2)27-28-22(20)26-23(29)33-12-19(30)25-17-11-16(31-3)8-9-18(17)32-4/h5-11,14,20,22,24,27-28H,12H2,1-4H3,(H,25,30). The Kier molecular flexibility index (Phi) is 6.87. The van der Waals surface area contributed by atoms with Crippen molar-refractivity contribution in [2.45, 2.75) is 26.1 Å². The largest absolute Gasteiger partial charge is 0.497 e. The van der Waals surface area contributed by atoms with Crippen molar-refractivity contribution < 1.29 is 14.3 Å². The summed E-state index contributed by atoms with van der Waals surface area (Å²) in [4.78, 5) is 19.5. The molecule has 2 aromatic carbocycles. The van der Waals surface area contributed by atoms with Gasteiger partial charge in [-0.15, -0.1) is 0 Å². The SMILES string of the molecule is COc1ccc(OC)c(NC(=O)CSC2=NC3NNC(C)C3C(=N)N2c2cccc(C)c2)c1. The first-order chi connectivity index (χ1) is 15.9. The number of carbonyl (C=O) groups excluding carboxylic acids is 1. The van der Waals surface area contributed by atoms with Gasteiger partial charge in [0.05, 0.1) is 31.6 Å². The van der Waals surface area contributed by atoms with Crippen LogP contribution in [-0.4, -0.2) is 49.1 Å². The Hall–Kier alpha value is -3.08. The van der Waals surface area contributed by atoms with Gasteiger partial charge in [-0.2, -0.15) is 0 Å². The number of aryl methyl sites for hydroxylation is 1. The van der Waals surface area contributed by atoms with Crippen LogP contribution >= 0.6 is 11.8 Å². The number of thioether (sulfide) groups is 1. The van der Waals surface area contributed by atoms with Crippen molar-refractivity contribution in [2.75, 3.05) is 30.2 Å². The highest BCUT2D eigenvalue weighted by atomic mass is 32.2. The smallest absolute Gasteiger partial charge is 0.234 e. The number of rotatable bonds is 6. The molecule has 174 valence electrons. The molecule has 2 heterocycles. The molecule has 0 radical (unpaired) electrons. The van der Waals surface area contributed by atoms with E-state index in [2.05, 4.69) is 16.2 Å². The van der Waals surface area contributed by atoms with Gasteiger partial charge in [0.2, 0.25) is 5.91 Å². The summed E-state index contributed by atoms with van der Waals surface area (Å²) in [6.07, 6.45) is -0.252. The summed E-state index contributed by atoms with van der Waals surface area (Å²) in [6, 6.07) is 13.2. The minimum Gasteiger partial charge on any atom is -0.497 e. The minimum absolute atomic E-state index is 0.0638. The molecule has 4 rings (SSSR count). The first-order valence-corrected chi connectivity index (χ1v) is 11.6. The number of ether oxygens (including phenoxy) is 2. The van der Waals surface area contributed by atoms with E-state index < -0.39 is 0 Å². The Morgan fingerprint density at radius 2 is 2.03 bits per heavy atom. The van der Waals surface area contributed by atoms with E-state index in [4.69, 9.17) is 19.9 Å². The molecule has 0 saturated carbocycles. The molecular formula is C23H28N6O3S. The Bertz CT molecular complexity index is 1090. The monoisotopic (exact) mass is 468 g/mol. The molecule has 0 aliphatic carbocycles. The van der Waals surface area contributed by atoms with Crippen molar-refractivity contribution in [1.82, 2.24) is 10.9 Å². The molecule has 0 bridgehead atoms. The highest BCUT2D eigenvalue weighted by Crippen LogP contribution is 2.33. The molecule has 2 aliphatic heterocycles. The Morgan fingerprint density at radius 1 is 1.21 bits per heavy atom. The van der Waals surface area contributed by atoms with Gasteiger partial charge in [0.15, 0.2) is 5.17 Å². The number of amides is 1. The molecular weight excluding hydrogens is 440 g/mol. The number of aliphatic imine (C=N–C) groups is 1. The lowest BCUT2D eigenvalue weighted by Crippen LogP contribution is -2.50. The molecule has 1 fully saturated rings. The molecule has 2 aliphatic rings. The van der Waals surface area contributed by atoms with E-state index in [1.54, 1.807) is 32.4 Å². The lowest BCUT2D eigenvalue weighted by atomic mass is 9.97. The maximum atomic E-state index is 12.8. The quantitative estimate of drug-likeness (QED) is 0.516. The van der Waals surface area contributed by atoms with Gasteiger partial charge in [-0.3, -0.25) is 20.5 Å². The zero-order valence-corrected chi connectivity index (χ0v) is 19.8. The van der Waals surface area contributed by atoms with Crippen LogP contribution in [0.3, 0.4) is 0 Å². The molecule has 10 heteroatoms. The number of nitrogens with one attached hydrogen (secondary N) is 4. The van der Waals surface area contributed by atoms with Crippen LogP contribution in [-0.2, 0) is 4.79 Å². The second-order valence-electron chi connectivity index (χ2n) is 7.92. The van der Waals surface area contributed by atoms with Gasteiger partial charge in [0.1, 0.15) is 23.5 Å². The number of methoxy groups -OCH3 is 2. The Balaban J connectivity index is 1.54. The van der Waals surface area contributed by atoms with Gasteiger partial charge in [-0.05, 0) is 43.7 Å². The van der Waals surface area contributed by atoms with Crippen LogP contribution in [0.2, 0.25) is 0 Å². The van der Waals surface area contributed by atoms with Crippen LogP contribution < -0.4 is 30.5 Å². The lowest BCUT2D eigenvalue weighted by molar-refractivity contribution is -0.113. The lowest BCUT2D eigenvalue weighted by Gasteiger charge is -2.36. The molecule has 4 N–H and O–H groups in total. The summed E-state index contributed by atoms with van der Waals surface area (Å²) >= 11 is 1.29. The first-order valence-electron chi connectivity index (χ1n) is 10.6. The fourth-order valence-corrected chi connectivity index (χ4v) is 4.80. The van der Waals surface area contributed by atoms with E-state index in [0.717, 1.165) is 11.3 Å². The summed E-state index contributed by atoms with van der Waals surface area (Å²) in [5.41, 5.74) is 8.82. The van der Waals surface area contributed by atoms with E-state index in [9.17, 15) is 4.79 Å². The molecule has 1 saturated heterocycles. The molecule has 3 atom stereocenters. The minimum atomic E-state index is -0.252. The average Bonchev–Trinajstić information content (AvgIpc) is 3.18. The van der Waals surface area contributed by atoms with E-state index in [1.165, 1.54) is 11.8 Å². The highest BCUT2D eigenvalue weighted by Gasteiger charge is 2.43. The van der Waals surface area contributed by atoms with Gasteiger partial charge < -0.3 is 14.8 Å². The van der Waals surface area contributed by atoms with Gasteiger partial charge in [-0.1, -0.05) is 23.9 Å². The van der Waals surface area contributed by atoms with Crippen molar-refractivity contribution in [1.29, 1.82) is 5.41 Å². The number of carbonyl (C=O) groups is 1. The first kappa shape index (κ1) is 23.1. The molecule has 0 spiro atoms. The topological polar surface area (TPSA) is 111 Å². The van der Waals surface area contributed by atoms with E-state index in [1.807, 2.05) is 43.0 Å². The predicted octanol–water partition coefficient (Wildman–Crippen LogP) is 2.98. The number of amidine groups is 2. The number of hydrogen-bond acceptors (Lipinski definition) is 8. The molecule has 0 aromatic heterocycles. The highest BCUT2D eigenvalue weighted by molar-refractivity contribution is 8.14. The second kappa shape index (κ2) is 9.82. The van der Waals surface area contributed by atoms with Crippen LogP contribution in [0.25, 0.3) is 0 Å². The summed E-state index contributed by atoms with van der Waals surface area (Å²) < 4.78 is 10.6. The van der Waals surface area contributed by atoms with E-state index in [-0.39, 0.29) is 29.8 Å². The van der Waals surface area contributed by atoms with Crippen LogP contribution in [0.5, 0.6) is 11.5 Å². The summed E-state index contributed by atoms with van der Waals surface area (Å²) in [7, 11) is 3.12. The maximum absolute atomic E-state index is 12.8. The van der Waals surface area contributed by atoms with Crippen LogP contribution in [0.1, 0.15) is 12.5 Å². The Morgan fingerprint density at radius 3 is 2.76 bits per heavy atom. The Labute approximate surface area is 197 Å². The average molecular weight is 469 g/mol. The number of hydrogen-bond donors (Lipinski definition) is 4. The fourth-order valence-electron chi connectivity index (χ4n) is 3.94. The third-order valence-corrected chi connectivity index (χ3v) is 6.56. The fraction of sp³-hybridized carbons (Fsp3) is 0.348.